The van der Waals surface area contributed by atoms with Crippen LogP contribution >= 0.6 is 22.9 Å². The summed E-state index contributed by atoms with van der Waals surface area (Å²) in [4.78, 5) is 48.5. The first kappa shape index (κ1) is 32.6. The monoisotopic (exact) mass is 624 g/mol. The number of benzene rings is 2. The number of rotatable bonds is 14. The molecule has 0 saturated carbocycles. The number of carbonyl (C=O) groups excluding carboxylic acids is 3. The maximum absolute atomic E-state index is 13.7. The maximum Gasteiger partial charge on any atom is 0.247 e. The molecule has 0 spiro atoms. The molecule has 3 amide bonds. The van der Waals surface area contributed by atoms with E-state index in [4.69, 9.17) is 11.6 Å². The van der Waals surface area contributed by atoms with Crippen LogP contribution in [-0.2, 0) is 27.2 Å². The molecule has 0 radical (unpaired) electrons. The van der Waals surface area contributed by atoms with Crippen molar-refractivity contribution < 1.29 is 14.4 Å². The van der Waals surface area contributed by atoms with Crippen LogP contribution in [0.1, 0.15) is 30.3 Å². The molecule has 0 bridgehead atoms. The van der Waals surface area contributed by atoms with E-state index in [0.29, 0.717) is 36.4 Å². The molecule has 1 aliphatic rings. The Bertz CT molecular complexity index is 1410. The SMILES string of the molecule is C=C(CN1CCN(C)CC1)C(=O)NC[C@H](Cc1ccccc1)NC(=O)[C@H](Cc1nc2ccc(Cl)cc2s1)NC(=O)CCC. The summed E-state index contributed by atoms with van der Waals surface area (Å²) in [5.74, 6) is -0.750. The van der Waals surface area contributed by atoms with Crippen molar-refractivity contribution in [2.75, 3.05) is 46.3 Å². The number of thiazole rings is 1. The first-order chi connectivity index (χ1) is 20.7. The third kappa shape index (κ3) is 10.1. The number of halogens is 1. The van der Waals surface area contributed by atoms with Gasteiger partial charge in [-0.1, -0.05) is 55.4 Å². The van der Waals surface area contributed by atoms with Crippen LogP contribution in [-0.4, -0.2) is 90.9 Å². The van der Waals surface area contributed by atoms with E-state index in [9.17, 15) is 14.4 Å². The Labute approximate surface area is 262 Å². The topological polar surface area (TPSA) is 107 Å². The van der Waals surface area contributed by atoms with E-state index in [2.05, 4.69) is 44.4 Å². The van der Waals surface area contributed by atoms with Gasteiger partial charge in [0.15, 0.2) is 0 Å². The summed E-state index contributed by atoms with van der Waals surface area (Å²) in [7, 11) is 2.09. The zero-order chi connectivity index (χ0) is 30.8. The lowest BCUT2D eigenvalue weighted by Gasteiger charge is -2.32. The molecule has 0 aliphatic carbocycles. The number of carbonyl (C=O) groups is 3. The predicted octanol–water partition coefficient (Wildman–Crippen LogP) is 3.42. The van der Waals surface area contributed by atoms with Gasteiger partial charge in [0, 0.05) is 62.7 Å². The average molecular weight is 625 g/mol. The highest BCUT2D eigenvalue weighted by molar-refractivity contribution is 7.18. The summed E-state index contributed by atoms with van der Waals surface area (Å²) < 4.78 is 0.919. The molecule has 3 N–H and O–H groups in total. The van der Waals surface area contributed by atoms with Crippen LogP contribution in [0.25, 0.3) is 10.2 Å². The van der Waals surface area contributed by atoms with Crippen molar-refractivity contribution in [2.45, 2.75) is 44.7 Å². The van der Waals surface area contributed by atoms with Gasteiger partial charge in [-0.2, -0.15) is 0 Å². The van der Waals surface area contributed by atoms with Crippen molar-refractivity contribution in [3.8, 4) is 0 Å². The van der Waals surface area contributed by atoms with Crippen LogP contribution in [0.15, 0.2) is 60.7 Å². The lowest BCUT2D eigenvalue weighted by Crippen LogP contribution is -2.53. The van der Waals surface area contributed by atoms with Gasteiger partial charge < -0.3 is 20.9 Å². The number of likely N-dealkylation sites (N-methyl/N-ethyl adjacent to an activating group) is 1. The smallest absolute Gasteiger partial charge is 0.247 e. The van der Waals surface area contributed by atoms with Gasteiger partial charge in [-0.3, -0.25) is 19.3 Å². The molecule has 1 aromatic heterocycles. The van der Waals surface area contributed by atoms with E-state index in [1.54, 1.807) is 6.07 Å². The quantitative estimate of drug-likeness (QED) is 0.237. The van der Waals surface area contributed by atoms with Gasteiger partial charge in [0.1, 0.15) is 6.04 Å². The zero-order valence-corrected chi connectivity index (χ0v) is 26.5. The molecule has 1 fully saturated rings. The van der Waals surface area contributed by atoms with E-state index in [1.165, 1.54) is 11.3 Å². The Balaban J connectivity index is 1.44. The van der Waals surface area contributed by atoms with Gasteiger partial charge in [-0.05, 0) is 43.7 Å². The van der Waals surface area contributed by atoms with Crippen LogP contribution in [0.4, 0.5) is 0 Å². The zero-order valence-electron chi connectivity index (χ0n) is 24.9. The summed E-state index contributed by atoms with van der Waals surface area (Å²) in [6, 6.07) is 14.0. The van der Waals surface area contributed by atoms with Gasteiger partial charge in [-0.25, -0.2) is 4.98 Å². The maximum atomic E-state index is 13.7. The standard InChI is InChI=1S/C32H41ClN6O3S/c1-4-8-29(40)36-27(19-30-37-26-12-11-24(33)18-28(26)43-30)32(42)35-25(17-23-9-6-5-7-10-23)20-34-31(41)22(2)21-39-15-13-38(3)14-16-39/h5-7,9-12,18,25,27H,2,4,8,13-17,19-21H2,1,3H3,(H,34,41)(H,35,42)(H,36,40)/t25-,27-/m0/s1. The number of nitrogens with one attached hydrogen (secondary N) is 3. The van der Waals surface area contributed by atoms with E-state index in [1.807, 2.05) is 49.4 Å². The fraction of sp³-hybridized carbons (Fsp3) is 0.438. The van der Waals surface area contributed by atoms with Crippen LogP contribution in [0.2, 0.25) is 5.02 Å². The minimum atomic E-state index is -0.823. The van der Waals surface area contributed by atoms with Crippen molar-refractivity contribution in [1.29, 1.82) is 0 Å². The highest BCUT2D eigenvalue weighted by Gasteiger charge is 2.26. The average Bonchev–Trinajstić information content (AvgIpc) is 3.38. The minimum Gasteiger partial charge on any atom is -0.350 e. The molecule has 11 heteroatoms. The van der Waals surface area contributed by atoms with Gasteiger partial charge in [0.2, 0.25) is 17.7 Å². The molecule has 9 nitrogen and oxygen atoms in total. The second kappa shape index (κ2) is 16.0. The molecule has 2 aromatic carbocycles. The first-order valence-corrected chi connectivity index (χ1v) is 15.9. The Morgan fingerprint density at radius 2 is 1.79 bits per heavy atom. The van der Waals surface area contributed by atoms with Crippen molar-refractivity contribution >= 4 is 50.9 Å². The van der Waals surface area contributed by atoms with Gasteiger partial charge in [-0.15, -0.1) is 11.3 Å². The molecule has 0 unspecified atom stereocenters. The normalized spacial score (nSPS) is 15.5. The Morgan fingerprint density at radius 1 is 1.05 bits per heavy atom. The van der Waals surface area contributed by atoms with Crippen LogP contribution in [0.3, 0.4) is 0 Å². The molecular formula is C32H41ClN6O3S. The lowest BCUT2D eigenvalue weighted by molar-refractivity contribution is -0.129. The van der Waals surface area contributed by atoms with Crippen LogP contribution in [0.5, 0.6) is 0 Å². The molecular weight excluding hydrogens is 584 g/mol. The van der Waals surface area contributed by atoms with E-state index >= 15 is 0 Å². The molecule has 3 aromatic rings. The van der Waals surface area contributed by atoms with Crippen LogP contribution in [0, 0.1) is 0 Å². The van der Waals surface area contributed by atoms with Gasteiger partial charge in [0.05, 0.1) is 21.3 Å². The third-order valence-corrected chi connectivity index (χ3v) is 8.69. The summed E-state index contributed by atoms with van der Waals surface area (Å²) in [5, 5.41) is 10.3. The summed E-state index contributed by atoms with van der Waals surface area (Å²) in [6.45, 7) is 10.4. The van der Waals surface area contributed by atoms with Gasteiger partial charge >= 0.3 is 0 Å². The van der Waals surface area contributed by atoms with Crippen LogP contribution < -0.4 is 16.0 Å². The molecule has 1 aliphatic heterocycles. The second-order valence-electron chi connectivity index (χ2n) is 11.1. The summed E-state index contributed by atoms with van der Waals surface area (Å²) >= 11 is 7.61. The van der Waals surface area contributed by atoms with Crippen molar-refractivity contribution in [1.82, 2.24) is 30.7 Å². The molecule has 2 heterocycles. The molecule has 230 valence electrons. The largest absolute Gasteiger partial charge is 0.350 e. The second-order valence-corrected chi connectivity index (χ2v) is 12.6. The van der Waals surface area contributed by atoms with Crippen molar-refractivity contribution in [3.63, 3.8) is 0 Å². The summed E-state index contributed by atoms with van der Waals surface area (Å²) in [5.41, 5.74) is 2.31. The lowest BCUT2D eigenvalue weighted by atomic mass is 10.0. The Kier molecular flexibility index (Phi) is 12.1. The van der Waals surface area contributed by atoms with Crippen molar-refractivity contribution in [3.05, 3.63) is 76.3 Å². The third-order valence-electron chi connectivity index (χ3n) is 7.41. The highest BCUT2D eigenvalue weighted by atomic mass is 35.5. The van der Waals surface area contributed by atoms with E-state index in [0.717, 1.165) is 47.0 Å². The fourth-order valence-electron chi connectivity index (χ4n) is 4.97. The van der Waals surface area contributed by atoms with E-state index < -0.39 is 12.1 Å². The number of hydrogen-bond donors (Lipinski definition) is 3. The molecule has 4 rings (SSSR count). The summed E-state index contributed by atoms with van der Waals surface area (Å²) in [6.07, 6.45) is 1.73. The molecule has 43 heavy (non-hydrogen) atoms. The number of piperazine rings is 1. The number of fused-ring (bicyclic) bond motifs is 1. The highest BCUT2D eigenvalue weighted by Crippen LogP contribution is 2.26. The Hall–Kier alpha value is -3.31. The van der Waals surface area contributed by atoms with Gasteiger partial charge in [0.25, 0.3) is 0 Å². The number of hydrogen-bond acceptors (Lipinski definition) is 7. The number of amides is 3. The Morgan fingerprint density at radius 3 is 2.51 bits per heavy atom. The number of aromatic nitrogens is 1. The fourth-order valence-corrected chi connectivity index (χ4v) is 6.26. The first-order valence-electron chi connectivity index (χ1n) is 14.8. The molecule has 1 saturated heterocycles. The van der Waals surface area contributed by atoms with Crippen molar-refractivity contribution in [2.24, 2.45) is 0 Å². The number of nitrogens with zero attached hydrogens (tertiary/aromatic N) is 3. The predicted molar refractivity (Wildman–Crippen MR) is 173 cm³/mol. The molecule has 2 atom stereocenters. The van der Waals surface area contributed by atoms with E-state index in [-0.39, 0.29) is 30.7 Å². The minimum absolute atomic E-state index is 0.195.